The minimum absolute atomic E-state index is 0.156. The van der Waals surface area contributed by atoms with Crippen molar-refractivity contribution in [2.24, 2.45) is 0 Å². The van der Waals surface area contributed by atoms with Crippen molar-refractivity contribution >= 4 is 22.8 Å². The third-order valence-electron chi connectivity index (χ3n) is 5.46. The Balaban J connectivity index is 1.74. The van der Waals surface area contributed by atoms with Crippen LogP contribution < -0.4 is 5.32 Å². The van der Waals surface area contributed by atoms with Gasteiger partial charge in [-0.15, -0.1) is 0 Å². The molecule has 0 spiro atoms. The van der Waals surface area contributed by atoms with E-state index in [1.54, 1.807) is 10.9 Å². The minimum atomic E-state index is -0.219. The molecular formula is C25H30N6O. The molecule has 0 aliphatic carbocycles. The molecule has 0 bridgehead atoms. The summed E-state index contributed by atoms with van der Waals surface area (Å²) in [4.78, 5) is 18.0. The fraction of sp³-hybridized carbons (Fsp3) is 0.360. The van der Waals surface area contributed by atoms with E-state index in [-0.39, 0.29) is 17.4 Å². The Morgan fingerprint density at radius 2 is 1.84 bits per heavy atom. The summed E-state index contributed by atoms with van der Waals surface area (Å²) in [5, 5.41) is 13.1. The largest absolute Gasteiger partial charge is 0.306 e. The van der Waals surface area contributed by atoms with E-state index in [9.17, 15) is 4.79 Å². The molecule has 3 heterocycles. The summed E-state index contributed by atoms with van der Waals surface area (Å²) in [5.74, 6) is 0.409. The lowest BCUT2D eigenvalue weighted by molar-refractivity contribution is 0.102. The van der Waals surface area contributed by atoms with Crippen molar-refractivity contribution < 1.29 is 4.79 Å². The topological polar surface area (TPSA) is 77.6 Å². The summed E-state index contributed by atoms with van der Waals surface area (Å²) in [6.07, 6.45) is 1.76. The average Bonchev–Trinajstić information content (AvgIpc) is 3.31. The molecule has 166 valence electrons. The lowest BCUT2D eigenvalue weighted by atomic mass is 9.92. The van der Waals surface area contributed by atoms with Gasteiger partial charge in [0.2, 0.25) is 0 Å². The van der Waals surface area contributed by atoms with E-state index in [0.717, 1.165) is 28.0 Å². The number of benzene rings is 1. The number of rotatable bonds is 4. The molecule has 0 fully saturated rings. The van der Waals surface area contributed by atoms with Gasteiger partial charge in [-0.2, -0.15) is 10.2 Å². The first-order chi connectivity index (χ1) is 15.0. The van der Waals surface area contributed by atoms with Gasteiger partial charge in [0.15, 0.2) is 5.65 Å². The highest BCUT2D eigenvalue weighted by Gasteiger charge is 2.23. The SMILES string of the molecule is Cc1cccc(-n2nc(C(C)(C)C)cc2NC(=O)c2cc3cnn(C(C)C)c3nc2C)c1. The number of nitrogens with zero attached hydrogens (tertiary/aromatic N) is 5. The molecule has 0 saturated heterocycles. The molecule has 0 atom stereocenters. The number of pyridine rings is 1. The van der Waals surface area contributed by atoms with E-state index >= 15 is 0 Å². The van der Waals surface area contributed by atoms with E-state index in [4.69, 9.17) is 5.10 Å². The summed E-state index contributed by atoms with van der Waals surface area (Å²) >= 11 is 0. The fourth-order valence-corrected chi connectivity index (χ4v) is 3.65. The summed E-state index contributed by atoms with van der Waals surface area (Å²) < 4.78 is 3.66. The molecule has 0 saturated carbocycles. The van der Waals surface area contributed by atoms with Gasteiger partial charge >= 0.3 is 0 Å². The molecule has 1 N–H and O–H groups in total. The van der Waals surface area contributed by atoms with Crippen molar-refractivity contribution in [3.8, 4) is 5.69 Å². The number of hydrogen-bond donors (Lipinski definition) is 1. The number of anilines is 1. The van der Waals surface area contributed by atoms with E-state index in [1.165, 1.54) is 0 Å². The van der Waals surface area contributed by atoms with Crippen molar-refractivity contribution in [1.29, 1.82) is 0 Å². The Hall–Kier alpha value is -3.48. The minimum Gasteiger partial charge on any atom is -0.306 e. The van der Waals surface area contributed by atoms with Gasteiger partial charge in [-0.1, -0.05) is 32.9 Å². The molecule has 1 aromatic carbocycles. The van der Waals surface area contributed by atoms with Crippen LogP contribution in [0, 0.1) is 13.8 Å². The number of aryl methyl sites for hydroxylation is 2. The van der Waals surface area contributed by atoms with Crippen LogP contribution in [0.25, 0.3) is 16.7 Å². The maximum atomic E-state index is 13.3. The van der Waals surface area contributed by atoms with Crippen LogP contribution >= 0.6 is 0 Å². The summed E-state index contributed by atoms with van der Waals surface area (Å²) in [6, 6.07) is 12.1. The van der Waals surface area contributed by atoms with Crippen molar-refractivity contribution in [2.75, 3.05) is 5.32 Å². The van der Waals surface area contributed by atoms with Crippen LogP contribution in [0.1, 0.15) is 68.0 Å². The normalized spacial score (nSPS) is 12.0. The number of fused-ring (bicyclic) bond motifs is 1. The van der Waals surface area contributed by atoms with Crippen molar-refractivity contribution in [3.63, 3.8) is 0 Å². The maximum Gasteiger partial charge on any atom is 0.258 e. The highest BCUT2D eigenvalue weighted by atomic mass is 16.1. The Morgan fingerprint density at radius 1 is 1.09 bits per heavy atom. The van der Waals surface area contributed by atoms with Crippen molar-refractivity contribution in [3.05, 3.63) is 65.1 Å². The van der Waals surface area contributed by atoms with Crippen molar-refractivity contribution in [2.45, 2.75) is 59.9 Å². The van der Waals surface area contributed by atoms with E-state index in [0.29, 0.717) is 17.1 Å². The number of carbonyl (C=O) groups excluding carboxylic acids is 1. The number of carbonyl (C=O) groups is 1. The Bertz CT molecular complexity index is 1310. The monoisotopic (exact) mass is 430 g/mol. The van der Waals surface area contributed by atoms with Crippen LogP contribution in [-0.2, 0) is 5.41 Å². The number of amides is 1. The molecule has 0 aliphatic rings. The molecule has 32 heavy (non-hydrogen) atoms. The van der Waals surface area contributed by atoms with Crippen LogP contribution in [0.3, 0.4) is 0 Å². The predicted octanol–water partition coefficient (Wildman–Crippen LogP) is 5.36. The Labute approximate surface area is 188 Å². The molecule has 4 rings (SSSR count). The van der Waals surface area contributed by atoms with Crippen LogP contribution in [0.2, 0.25) is 0 Å². The highest BCUT2D eigenvalue weighted by molar-refractivity contribution is 6.06. The lowest BCUT2D eigenvalue weighted by Gasteiger charge is -2.14. The average molecular weight is 431 g/mol. The molecule has 4 aromatic rings. The third-order valence-corrected chi connectivity index (χ3v) is 5.46. The quantitative estimate of drug-likeness (QED) is 0.472. The van der Waals surface area contributed by atoms with Crippen LogP contribution in [0.15, 0.2) is 42.6 Å². The van der Waals surface area contributed by atoms with Gasteiger partial charge in [0, 0.05) is 22.9 Å². The maximum absolute atomic E-state index is 13.3. The number of hydrogen-bond acceptors (Lipinski definition) is 4. The van der Waals surface area contributed by atoms with Gasteiger partial charge in [0.25, 0.3) is 5.91 Å². The third kappa shape index (κ3) is 4.02. The molecule has 1 amide bonds. The first-order valence-corrected chi connectivity index (χ1v) is 10.9. The molecule has 7 heteroatoms. The van der Waals surface area contributed by atoms with Gasteiger partial charge in [-0.3, -0.25) is 4.79 Å². The van der Waals surface area contributed by atoms with Crippen LogP contribution in [-0.4, -0.2) is 30.5 Å². The molecule has 3 aromatic heterocycles. The molecule has 7 nitrogen and oxygen atoms in total. The zero-order valence-corrected chi connectivity index (χ0v) is 19.8. The van der Waals surface area contributed by atoms with E-state index in [1.807, 2.05) is 54.9 Å². The first kappa shape index (κ1) is 21.7. The first-order valence-electron chi connectivity index (χ1n) is 10.9. The zero-order valence-electron chi connectivity index (χ0n) is 19.8. The standard InChI is InChI=1S/C25H30N6O/c1-15(2)30-23-18(14-26-30)12-20(17(4)27-23)24(32)28-22-13-21(25(5,6)7)29-31(22)19-10-8-9-16(3)11-19/h8-15H,1-7H3,(H,28,32). The molecular weight excluding hydrogens is 400 g/mol. The molecule has 0 unspecified atom stereocenters. The van der Waals surface area contributed by atoms with Gasteiger partial charge < -0.3 is 5.32 Å². The number of aromatic nitrogens is 5. The van der Waals surface area contributed by atoms with Crippen LogP contribution in [0.5, 0.6) is 0 Å². The van der Waals surface area contributed by atoms with E-state index < -0.39 is 0 Å². The van der Waals surface area contributed by atoms with E-state index in [2.05, 4.69) is 50.0 Å². The van der Waals surface area contributed by atoms with Gasteiger partial charge in [0.05, 0.1) is 28.8 Å². The Morgan fingerprint density at radius 3 is 2.50 bits per heavy atom. The smallest absolute Gasteiger partial charge is 0.258 e. The van der Waals surface area contributed by atoms with Crippen molar-refractivity contribution in [1.82, 2.24) is 24.5 Å². The van der Waals surface area contributed by atoms with Gasteiger partial charge in [-0.05, 0) is 51.5 Å². The summed E-state index contributed by atoms with van der Waals surface area (Å²) in [6.45, 7) is 14.3. The molecule has 0 aliphatic heterocycles. The zero-order chi connectivity index (χ0) is 23.2. The van der Waals surface area contributed by atoms with Gasteiger partial charge in [-0.25, -0.2) is 14.3 Å². The second-order valence-electron chi connectivity index (χ2n) is 9.59. The second kappa shape index (κ2) is 7.89. The van der Waals surface area contributed by atoms with Gasteiger partial charge in [0.1, 0.15) is 5.82 Å². The molecule has 0 radical (unpaired) electrons. The summed E-state index contributed by atoms with van der Waals surface area (Å²) in [5.41, 5.74) is 4.74. The lowest BCUT2D eigenvalue weighted by Crippen LogP contribution is -2.17. The highest BCUT2D eigenvalue weighted by Crippen LogP contribution is 2.27. The fourth-order valence-electron chi connectivity index (χ4n) is 3.65. The Kier molecular flexibility index (Phi) is 5.36. The number of nitrogens with one attached hydrogen (secondary N) is 1. The second-order valence-corrected chi connectivity index (χ2v) is 9.59. The predicted molar refractivity (Wildman–Crippen MR) is 128 cm³/mol. The summed E-state index contributed by atoms with van der Waals surface area (Å²) in [7, 11) is 0. The van der Waals surface area contributed by atoms with Crippen LogP contribution in [0.4, 0.5) is 5.82 Å².